The van der Waals surface area contributed by atoms with Gasteiger partial charge in [0.1, 0.15) is 0 Å². The molecule has 138 valence electrons. The number of nitrogens with zero attached hydrogens (tertiary/aromatic N) is 1. The smallest absolute Gasteiger partial charge is 0.255 e. The van der Waals surface area contributed by atoms with E-state index >= 15 is 0 Å². The van der Waals surface area contributed by atoms with Gasteiger partial charge in [0.05, 0.1) is 6.54 Å². The molecule has 0 spiro atoms. The average molecular weight is 418 g/mol. The molecule has 2 amide bonds. The average Bonchev–Trinajstić information content (AvgIpc) is 2.62. The van der Waals surface area contributed by atoms with Crippen LogP contribution in [0.15, 0.2) is 46.9 Å². The Morgan fingerprint density at radius 3 is 2.23 bits per heavy atom. The molecule has 0 aromatic heterocycles. The maximum atomic E-state index is 12.3. The molecule has 26 heavy (non-hydrogen) atoms. The zero-order valence-corrected chi connectivity index (χ0v) is 16.9. The molecule has 0 saturated carbocycles. The molecule has 2 N–H and O–H groups in total. The SMILES string of the molecule is CCN(CC)CC(=O)Nc1ccc(NC(=O)c2ccc(Br)cc2)cc1C. The van der Waals surface area contributed by atoms with Crippen LogP contribution in [0.5, 0.6) is 0 Å². The number of anilines is 2. The van der Waals surface area contributed by atoms with Gasteiger partial charge in [0, 0.05) is 21.4 Å². The largest absolute Gasteiger partial charge is 0.325 e. The lowest BCUT2D eigenvalue weighted by Gasteiger charge is -2.18. The van der Waals surface area contributed by atoms with E-state index in [0.717, 1.165) is 28.8 Å². The van der Waals surface area contributed by atoms with Crippen molar-refractivity contribution < 1.29 is 9.59 Å². The van der Waals surface area contributed by atoms with Crippen molar-refractivity contribution in [2.75, 3.05) is 30.3 Å². The maximum absolute atomic E-state index is 12.3. The zero-order valence-electron chi connectivity index (χ0n) is 15.3. The van der Waals surface area contributed by atoms with Gasteiger partial charge in [0.2, 0.25) is 5.91 Å². The molecule has 0 radical (unpaired) electrons. The lowest BCUT2D eigenvalue weighted by Crippen LogP contribution is -2.33. The minimum absolute atomic E-state index is 0.0385. The number of halogens is 1. The molecular weight excluding hydrogens is 394 g/mol. The minimum atomic E-state index is -0.171. The highest BCUT2D eigenvalue weighted by Crippen LogP contribution is 2.20. The van der Waals surface area contributed by atoms with Crippen molar-refractivity contribution >= 4 is 39.1 Å². The van der Waals surface area contributed by atoms with Gasteiger partial charge in [-0.05, 0) is 68.0 Å². The van der Waals surface area contributed by atoms with Gasteiger partial charge < -0.3 is 10.6 Å². The number of amides is 2. The normalized spacial score (nSPS) is 10.7. The number of carbonyl (C=O) groups excluding carboxylic acids is 2. The van der Waals surface area contributed by atoms with E-state index in [1.165, 1.54) is 0 Å². The summed E-state index contributed by atoms with van der Waals surface area (Å²) in [6.45, 7) is 8.01. The van der Waals surface area contributed by atoms with Gasteiger partial charge in [0.25, 0.3) is 5.91 Å². The Labute approximate surface area is 162 Å². The van der Waals surface area contributed by atoms with Crippen molar-refractivity contribution in [1.82, 2.24) is 4.90 Å². The van der Waals surface area contributed by atoms with Crippen LogP contribution in [0.3, 0.4) is 0 Å². The molecule has 2 rings (SSSR count). The predicted octanol–water partition coefficient (Wildman–Crippen LogP) is 4.29. The Hall–Kier alpha value is -2.18. The first kappa shape index (κ1) is 20.1. The summed E-state index contributed by atoms with van der Waals surface area (Å²) < 4.78 is 0.926. The molecule has 0 aliphatic heterocycles. The topological polar surface area (TPSA) is 61.4 Å². The summed E-state index contributed by atoms with van der Waals surface area (Å²) >= 11 is 3.35. The first-order valence-corrected chi connectivity index (χ1v) is 9.42. The summed E-state index contributed by atoms with van der Waals surface area (Å²) in [5.41, 5.74) is 2.93. The van der Waals surface area contributed by atoms with Crippen LogP contribution >= 0.6 is 15.9 Å². The van der Waals surface area contributed by atoms with Gasteiger partial charge in [0.15, 0.2) is 0 Å². The number of nitrogens with one attached hydrogen (secondary N) is 2. The second kappa shape index (κ2) is 9.50. The number of aryl methyl sites for hydroxylation is 1. The molecule has 0 aliphatic carbocycles. The zero-order chi connectivity index (χ0) is 19.1. The van der Waals surface area contributed by atoms with E-state index < -0.39 is 0 Å². The summed E-state index contributed by atoms with van der Waals surface area (Å²) in [4.78, 5) is 26.5. The highest BCUT2D eigenvalue weighted by molar-refractivity contribution is 9.10. The Bertz CT molecular complexity index is 771. The van der Waals surface area contributed by atoms with E-state index in [0.29, 0.717) is 17.8 Å². The molecule has 6 heteroatoms. The molecule has 0 saturated heterocycles. The molecule has 2 aromatic carbocycles. The fourth-order valence-electron chi connectivity index (χ4n) is 2.53. The molecule has 0 aliphatic rings. The lowest BCUT2D eigenvalue weighted by molar-refractivity contribution is -0.117. The maximum Gasteiger partial charge on any atom is 0.255 e. The second-order valence-electron chi connectivity index (χ2n) is 6.00. The highest BCUT2D eigenvalue weighted by Gasteiger charge is 2.10. The quantitative estimate of drug-likeness (QED) is 0.705. The van der Waals surface area contributed by atoms with Crippen LogP contribution in [0.4, 0.5) is 11.4 Å². The van der Waals surface area contributed by atoms with Gasteiger partial charge in [-0.1, -0.05) is 29.8 Å². The molecule has 2 aromatic rings. The van der Waals surface area contributed by atoms with Gasteiger partial charge in [-0.15, -0.1) is 0 Å². The van der Waals surface area contributed by atoms with Crippen LogP contribution in [0.25, 0.3) is 0 Å². The van der Waals surface area contributed by atoms with Crippen molar-refractivity contribution in [3.63, 3.8) is 0 Å². The second-order valence-corrected chi connectivity index (χ2v) is 6.92. The third-order valence-electron chi connectivity index (χ3n) is 4.13. The molecule has 0 unspecified atom stereocenters. The summed E-state index contributed by atoms with van der Waals surface area (Å²) in [6, 6.07) is 12.6. The molecule has 0 atom stereocenters. The van der Waals surface area contributed by atoms with Crippen LogP contribution in [-0.4, -0.2) is 36.3 Å². The number of hydrogen-bond donors (Lipinski definition) is 2. The number of benzene rings is 2. The third-order valence-corrected chi connectivity index (χ3v) is 4.66. The number of likely N-dealkylation sites (N-methyl/N-ethyl adjacent to an activating group) is 1. The predicted molar refractivity (Wildman–Crippen MR) is 110 cm³/mol. The van der Waals surface area contributed by atoms with Crippen LogP contribution in [0.1, 0.15) is 29.8 Å². The number of rotatable bonds is 7. The van der Waals surface area contributed by atoms with Crippen LogP contribution in [0.2, 0.25) is 0 Å². The highest BCUT2D eigenvalue weighted by atomic mass is 79.9. The Balaban J connectivity index is 2.01. The minimum Gasteiger partial charge on any atom is -0.325 e. The Morgan fingerprint density at radius 2 is 1.65 bits per heavy atom. The fourth-order valence-corrected chi connectivity index (χ4v) is 2.79. The van der Waals surface area contributed by atoms with Gasteiger partial charge >= 0.3 is 0 Å². The summed E-state index contributed by atoms with van der Waals surface area (Å²) in [5, 5.41) is 5.80. The van der Waals surface area contributed by atoms with Crippen molar-refractivity contribution in [2.45, 2.75) is 20.8 Å². The molecule has 5 nitrogen and oxygen atoms in total. The van der Waals surface area contributed by atoms with E-state index in [2.05, 4.69) is 31.5 Å². The van der Waals surface area contributed by atoms with Gasteiger partial charge in [-0.25, -0.2) is 0 Å². The van der Waals surface area contributed by atoms with E-state index in [-0.39, 0.29) is 11.8 Å². The fraction of sp³-hybridized carbons (Fsp3) is 0.300. The van der Waals surface area contributed by atoms with Crippen LogP contribution < -0.4 is 10.6 Å². The van der Waals surface area contributed by atoms with E-state index in [9.17, 15) is 9.59 Å². The van der Waals surface area contributed by atoms with E-state index in [4.69, 9.17) is 0 Å². The van der Waals surface area contributed by atoms with Gasteiger partial charge in [-0.3, -0.25) is 14.5 Å². The molecular formula is C20H24BrN3O2. The van der Waals surface area contributed by atoms with E-state index in [1.54, 1.807) is 18.2 Å². The Morgan fingerprint density at radius 1 is 1.00 bits per heavy atom. The Kier molecular flexibility index (Phi) is 7.36. The lowest BCUT2D eigenvalue weighted by atomic mass is 10.1. The monoisotopic (exact) mass is 417 g/mol. The standard InChI is InChI=1S/C20H24BrN3O2/c1-4-24(5-2)13-19(25)23-18-11-10-17(12-14(18)3)22-20(26)15-6-8-16(21)9-7-15/h6-12H,4-5,13H2,1-3H3,(H,22,26)(H,23,25). The summed E-state index contributed by atoms with van der Waals surface area (Å²) in [7, 11) is 0. The first-order chi connectivity index (χ1) is 12.4. The molecule has 0 bridgehead atoms. The van der Waals surface area contributed by atoms with Crippen molar-refractivity contribution in [2.24, 2.45) is 0 Å². The van der Waals surface area contributed by atoms with E-state index in [1.807, 2.05) is 45.0 Å². The molecule has 0 fully saturated rings. The van der Waals surface area contributed by atoms with Crippen molar-refractivity contribution in [3.8, 4) is 0 Å². The van der Waals surface area contributed by atoms with Crippen molar-refractivity contribution in [1.29, 1.82) is 0 Å². The first-order valence-electron chi connectivity index (χ1n) is 8.62. The van der Waals surface area contributed by atoms with Crippen LogP contribution in [-0.2, 0) is 4.79 Å². The van der Waals surface area contributed by atoms with Gasteiger partial charge in [-0.2, -0.15) is 0 Å². The number of hydrogen-bond acceptors (Lipinski definition) is 3. The summed E-state index contributed by atoms with van der Waals surface area (Å²) in [5.74, 6) is -0.210. The summed E-state index contributed by atoms with van der Waals surface area (Å²) in [6.07, 6.45) is 0. The number of carbonyl (C=O) groups is 2. The van der Waals surface area contributed by atoms with Crippen LogP contribution in [0, 0.1) is 6.92 Å². The van der Waals surface area contributed by atoms with Crippen molar-refractivity contribution in [3.05, 3.63) is 58.1 Å². The molecule has 0 heterocycles. The third kappa shape index (κ3) is 5.68.